The fourth-order valence-electron chi connectivity index (χ4n) is 3.40. The summed E-state index contributed by atoms with van der Waals surface area (Å²) in [5.41, 5.74) is 4.18. The van der Waals surface area contributed by atoms with Crippen LogP contribution in [0.2, 0.25) is 5.02 Å². The molecule has 1 saturated heterocycles. The van der Waals surface area contributed by atoms with Crippen LogP contribution >= 0.6 is 23.4 Å². The maximum Gasteiger partial charge on any atom is 0.108 e. The number of benzene rings is 2. The van der Waals surface area contributed by atoms with Crippen molar-refractivity contribution in [1.82, 2.24) is 0 Å². The number of hydrogen-bond acceptors (Lipinski definition) is 5. The summed E-state index contributed by atoms with van der Waals surface area (Å²) < 4.78 is 0. The average molecular weight is 409 g/mol. The zero-order valence-electron chi connectivity index (χ0n) is 15.1. The number of aliphatic hydroxyl groups excluding tert-OH is 4. The minimum atomic E-state index is -1.30. The van der Waals surface area contributed by atoms with Crippen LogP contribution in [0.4, 0.5) is 0 Å². The van der Waals surface area contributed by atoms with Crippen LogP contribution in [0.25, 0.3) is 0 Å². The Hall–Kier alpha value is -1.08. The van der Waals surface area contributed by atoms with E-state index in [9.17, 15) is 20.4 Å². The van der Waals surface area contributed by atoms with Gasteiger partial charge in [-0.1, -0.05) is 54.9 Å². The lowest BCUT2D eigenvalue weighted by molar-refractivity contribution is -0.0700. The van der Waals surface area contributed by atoms with Gasteiger partial charge in [-0.25, -0.2) is 0 Å². The molecule has 0 unspecified atom stereocenters. The van der Waals surface area contributed by atoms with E-state index in [0.717, 1.165) is 23.1 Å². The number of aliphatic hydroxyl groups is 4. The van der Waals surface area contributed by atoms with Crippen LogP contribution in [-0.4, -0.2) is 50.6 Å². The van der Waals surface area contributed by atoms with Crippen molar-refractivity contribution >= 4 is 23.4 Å². The quantitative estimate of drug-likeness (QED) is 0.611. The first kappa shape index (κ1) is 20.6. The Kier molecular flexibility index (Phi) is 6.84. The SMILES string of the molecule is CCc1ccc(Cc2cc([C@@H]3S[C@H](CO)[C@@H](O)[C@H](O)[C@H]3O)ccc2Cl)cc1. The largest absolute Gasteiger partial charge is 0.395 e. The fraction of sp³-hybridized carbons (Fsp3) is 0.429. The van der Waals surface area contributed by atoms with Gasteiger partial charge in [0, 0.05) is 5.02 Å². The summed E-state index contributed by atoms with van der Waals surface area (Å²) in [5.74, 6) is 0. The molecule has 1 heterocycles. The van der Waals surface area contributed by atoms with Crippen molar-refractivity contribution in [1.29, 1.82) is 0 Å². The molecule has 0 amide bonds. The summed E-state index contributed by atoms with van der Waals surface area (Å²) in [5, 5.41) is 39.7. The Morgan fingerprint density at radius 2 is 1.59 bits per heavy atom. The number of thioether (sulfide) groups is 1. The number of aryl methyl sites for hydroxylation is 1. The molecule has 0 bridgehead atoms. The first-order chi connectivity index (χ1) is 12.9. The Morgan fingerprint density at radius 3 is 2.22 bits per heavy atom. The fourth-order valence-corrected chi connectivity index (χ4v) is 4.99. The highest BCUT2D eigenvalue weighted by molar-refractivity contribution is 8.00. The van der Waals surface area contributed by atoms with Gasteiger partial charge >= 0.3 is 0 Å². The van der Waals surface area contributed by atoms with Crippen molar-refractivity contribution in [3.63, 3.8) is 0 Å². The zero-order valence-corrected chi connectivity index (χ0v) is 16.7. The van der Waals surface area contributed by atoms with Crippen molar-refractivity contribution in [3.05, 3.63) is 69.7 Å². The van der Waals surface area contributed by atoms with E-state index in [1.807, 2.05) is 12.1 Å². The second kappa shape index (κ2) is 8.95. The minimum absolute atomic E-state index is 0.268. The molecule has 1 aliphatic rings. The predicted molar refractivity (Wildman–Crippen MR) is 109 cm³/mol. The minimum Gasteiger partial charge on any atom is -0.395 e. The summed E-state index contributed by atoms with van der Waals surface area (Å²) in [4.78, 5) is 0. The molecule has 4 N–H and O–H groups in total. The normalized spacial score (nSPS) is 28.3. The van der Waals surface area contributed by atoms with Gasteiger partial charge in [0.25, 0.3) is 0 Å². The lowest BCUT2D eigenvalue weighted by atomic mass is 9.94. The van der Waals surface area contributed by atoms with Gasteiger partial charge in [-0.3, -0.25) is 0 Å². The van der Waals surface area contributed by atoms with Crippen LogP contribution in [0, 0.1) is 0 Å². The summed E-state index contributed by atoms with van der Waals surface area (Å²) in [6.07, 6.45) is -1.92. The molecule has 1 fully saturated rings. The molecule has 27 heavy (non-hydrogen) atoms. The molecule has 6 heteroatoms. The van der Waals surface area contributed by atoms with Crippen LogP contribution in [-0.2, 0) is 12.8 Å². The second-order valence-electron chi connectivity index (χ2n) is 6.95. The van der Waals surface area contributed by atoms with E-state index >= 15 is 0 Å². The molecule has 0 radical (unpaired) electrons. The van der Waals surface area contributed by atoms with E-state index in [4.69, 9.17) is 11.6 Å². The third-order valence-corrected chi connectivity index (χ3v) is 7.11. The van der Waals surface area contributed by atoms with Gasteiger partial charge in [0.2, 0.25) is 0 Å². The molecule has 0 saturated carbocycles. The standard InChI is InChI=1S/C21H25ClO4S/c1-2-12-3-5-13(6-4-12)9-15-10-14(7-8-16(15)22)21-20(26)19(25)18(24)17(11-23)27-21/h3-8,10,17-21,23-26H,2,9,11H2,1H3/t17-,18-,19+,20-,21+/m1/s1. The number of hydrogen-bond donors (Lipinski definition) is 4. The van der Waals surface area contributed by atoms with Gasteiger partial charge < -0.3 is 20.4 Å². The van der Waals surface area contributed by atoms with E-state index in [2.05, 4.69) is 31.2 Å². The van der Waals surface area contributed by atoms with Gasteiger partial charge in [0.05, 0.1) is 29.3 Å². The summed E-state index contributed by atoms with van der Waals surface area (Å²) in [6.45, 7) is 1.85. The molecule has 2 aromatic carbocycles. The molecule has 0 aromatic heterocycles. The molecule has 0 aliphatic carbocycles. The molecular formula is C21H25ClO4S. The van der Waals surface area contributed by atoms with Gasteiger partial charge in [-0.05, 0) is 41.2 Å². The summed E-state index contributed by atoms with van der Waals surface area (Å²) >= 11 is 7.67. The van der Waals surface area contributed by atoms with E-state index < -0.39 is 28.8 Å². The van der Waals surface area contributed by atoms with E-state index in [1.54, 1.807) is 6.07 Å². The lowest BCUT2D eigenvalue weighted by Gasteiger charge is -2.39. The van der Waals surface area contributed by atoms with Crippen LogP contribution in [0.15, 0.2) is 42.5 Å². The van der Waals surface area contributed by atoms with E-state index in [0.29, 0.717) is 11.4 Å². The molecule has 1 aliphatic heterocycles. The Labute approximate surface area is 168 Å². The van der Waals surface area contributed by atoms with E-state index in [-0.39, 0.29) is 6.61 Å². The van der Waals surface area contributed by atoms with Gasteiger partial charge in [0.15, 0.2) is 0 Å². The number of rotatable bonds is 5. The first-order valence-electron chi connectivity index (χ1n) is 9.11. The smallest absolute Gasteiger partial charge is 0.108 e. The molecule has 4 nitrogen and oxygen atoms in total. The topological polar surface area (TPSA) is 80.9 Å². The lowest BCUT2D eigenvalue weighted by Crippen LogP contribution is -2.51. The molecular weight excluding hydrogens is 384 g/mol. The van der Waals surface area contributed by atoms with Gasteiger partial charge in [-0.2, -0.15) is 0 Å². The van der Waals surface area contributed by atoms with Crippen LogP contribution in [0.3, 0.4) is 0 Å². The molecule has 3 rings (SSSR count). The molecule has 5 atom stereocenters. The Bertz CT molecular complexity index is 765. The zero-order chi connectivity index (χ0) is 19.6. The number of halogens is 1. The van der Waals surface area contributed by atoms with Gasteiger partial charge in [-0.15, -0.1) is 11.8 Å². The highest BCUT2D eigenvalue weighted by Gasteiger charge is 2.43. The maximum absolute atomic E-state index is 10.4. The monoisotopic (exact) mass is 408 g/mol. The Balaban J connectivity index is 1.85. The average Bonchev–Trinajstić information content (AvgIpc) is 2.69. The Morgan fingerprint density at radius 1 is 0.926 bits per heavy atom. The summed E-state index contributed by atoms with van der Waals surface area (Å²) in [6, 6.07) is 14.0. The molecule has 0 spiro atoms. The van der Waals surface area contributed by atoms with Crippen molar-refractivity contribution in [2.45, 2.75) is 48.6 Å². The third kappa shape index (κ3) is 4.50. The predicted octanol–water partition coefficient (Wildman–Crippen LogP) is 2.72. The second-order valence-corrected chi connectivity index (χ2v) is 8.74. The van der Waals surface area contributed by atoms with Crippen molar-refractivity contribution in [3.8, 4) is 0 Å². The van der Waals surface area contributed by atoms with Crippen LogP contribution in [0.5, 0.6) is 0 Å². The molecule has 2 aromatic rings. The third-order valence-electron chi connectivity index (χ3n) is 5.12. The summed E-state index contributed by atoms with van der Waals surface area (Å²) in [7, 11) is 0. The van der Waals surface area contributed by atoms with Crippen LogP contribution in [0.1, 0.15) is 34.4 Å². The van der Waals surface area contributed by atoms with Crippen molar-refractivity contribution in [2.24, 2.45) is 0 Å². The van der Waals surface area contributed by atoms with Crippen molar-refractivity contribution in [2.75, 3.05) is 6.61 Å². The van der Waals surface area contributed by atoms with E-state index in [1.165, 1.54) is 17.3 Å². The highest BCUT2D eigenvalue weighted by Crippen LogP contribution is 2.43. The van der Waals surface area contributed by atoms with Crippen molar-refractivity contribution < 1.29 is 20.4 Å². The highest BCUT2D eigenvalue weighted by atomic mass is 35.5. The molecule has 146 valence electrons. The maximum atomic E-state index is 10.4. The first-order valence-corrected chi connectivity index (χ1v) is 10.4. The van der Waals surface area contributed by atoms with Gasteiger partial charge in [0.1, 0.15) is 6.10 Å². The van der Waals surface area contributed by atoms with Crippen LogP contribution < -0.4 is 0 Å².